The Kier molecular flexibility index (Phi) is 3.67. The van der Waals surface area contributed by atoms with E-state index in [-0.39, 0.29) is 5.88 Å². The van der Waals surface area contributed by atoms with Gasteiger partial charge in [-0.2, -0.15) is 0 Å². The molecule has 4 rings (SSSR count). The predicted octanol–water partition coefficient (Wildman–Crippen LogP) is 5.54. The average molecular weight is 350 g/mol. The number of aromatic nitrogens is 1. The lowest BCUT2D eigenvalue weighted by atomic mass is 10.1. The summed E-state index contributed by atoms with van der Waals surface area (Å²) in [5.74, 6) is 0.166. The number of benzene rings is 2. The zero-order valence-corrected chi connectivity index (χ0v) is 14.6. The molecule has 1 aliphatic rings. The third kappa shape index (κ3) is 2.52. The fourth-order valence-electron chi connectivity index (χ4n) is 2.69. The van der Waals surface area contributed by atoms with E-state index in [1.54, 1.807) is 4.57 Å². The molecule has 118 valence electrons. The summed E-state index contributed by atoms with van der Waals surface area (Å²) in [5.41, 5.74) is 5.03. The second-order valence-electron chi connectivity index (χ2n) is 5.60. The van der Waals surface area contributed by atoms with Gasteiger partial charge in [0, 0.05) is 17.4 Å². The van der Waals surface area contributed by atoms with Crippen LogP contribution >= 0.6 is 23.6 Å². The summed E-state index contributed by atoms with van der Waals surface area (Å²) in [5, 5.41) is 10.7. The minimum Gasteiger partial charge on any atom is -0.493 e. The maximum absolute atomic E-state index is 10.7. The highest BCUT2D eigenvalue weighted by molar-refractivity contribution is 7.73. The molecule has 0 spiro atoms. The van der Waals surface area contributed by atoms with Crippen molar-refractivity contribution in [3.05, 3.63) is 68.5 Å². The van der Waals surface area contributed by atoms with Gasteiger partial charge in [0.2, 0.25) is 5.88 Å². The van der Waals surface area contributed by atoms with E-state index in [9.17, 15) is 5.11 Å². The van der Waals surface area contributed by atoms with E-state index in [0.717, 1.165) is 27.4 Å². The van der Waals surface area contributed by atoms with Crippen LogP contribution in [0.3, 0.4) is 0 Å². The summed E-state index contributed by atoms with van der Waals surface area (Å²) in [6, 6.07) is 15.9. The Labute approximate surface area is 148 Å². The normalized spacial score (nSPS) is 14.3. The first-order valence-electron chi connectivity index (χ1n) is 7.50. The van der Waals surface area contributed by atoms with Gasteiger partial charge in [0.25, 0.3) is 0 Å². The van der Waals surface area contributed by atoms with E-state index < -0.39 is 0 Å². The number of aryl methyl sites for hydroxylation is 1. The van der Waals surface area contributed by atoms with Crippen molar-refractivity contribution < 1.29 is 5.11 Å². The number of aromatic hydroxyl groups is 1. The number of hydrogen-bond acceptors (Lipinski definition) is 4. The molecular weight excluding hydrogens is 336 g/mol. The fraction of sp³-hybridized carbons (Fsp3) is 0.0526. The second kappa shape index (κ2) is 5.85. The van der Waals surface area contributed by atoms with Gasteiger partial charge in [-0.1, -0.05) is 35.9 Å². The van der Waals surface area contributed by atoms with Crippen LogP contribution in [0.25, 0.3) is 17.3 Å². The van der Waals surface area contributed by atoms with Crippen molar-refractivity contribution in [2.45, 2.75) is 6.92 Å². The molecule has 0 saturated heterocycles. The molecule has 0 fully saturated rings. The number of rotatable bonds is 2. The van der Waals surface area contributed by atoms with Crippen LogP contribution in [0.4, 0.5) is 5.69 Å². The minimum atomic E-state index is 0.166. The average Bonchev–Trinajstić information content (AvgIpc) is 3.11. The molecule has 1 aliphatic heterocycles. The molecule has 0 atom stereocenters. The highest BCUT2D eigenvalue weighted by Gasteiger charge is 2.15. The summed E-state index contributed by atoms with van der Waals surface area (Å²) in [6.07, 6.45) is 3.76. The minimum absolute atomic E-state index is 0.166. The van der Waals surface area contributed by atoms with Crippen molar-refractivity contribution in [2.24, 2.45) is 4.99 Å². The predicted molar refractivity (Wildman–Crippen MR) is 103 cm³/mol. The number of aliphatic imine (C=N–C) groups is 1. The van der Waals surface area contributed by atoms with Gasteiger partial charge >= 0.3 is 0 Å². The van der Waals surface area contributed by atoms with Gasteiger partial charge in [-0.25, -0.2) is 0 Å². The first kappa shape index (κ1) is 15.1. The van der Waals surface area contributed by atoms with Gasteiger partial charge < -0.3 is 5.11 Å². The smallest absolute Gasteiger partial charge is 0.215 e. The molecule has 5 heteroatoms. The summed E-state index contributed by atoms with van der Waals surface area (Å²) >= 11 is 6.84. The van der Waals surface area contributed by atoms with Crippen molar-refractivity contribution in [1.29, 1.82) is 0 Å². The highest BCUT2D eigenvalue weighted by Crippen LogP contribution is 2.36. The number of para-hydroxylation sites is 1. The Morgan fingerprint density at radius 3 is 2.67 bits per heavy atom. The number of nitrogens with zero attached hydrogens (tertiary/aromatic N) is 2. The SMILES string of the molecule is Cc1ccc(-n2c(O)c(/C=C3\C=Nc4ccccc43)sc2=S)cc1. The largest absolute Gasteiger partial charge is 0.493 e. The molecule has 0 saturated carbocycles. The maximum Gasteiger partial charge on any atom is 0.215 e. The lowest BCUT2D eigenvalue weighted by Crippen LogP contribution is -1.92. The molecule has 2 heterocycles. The molecule has 0 bridgehead atoms. The topological polar surface area (TPSA) is 37.5 Å². The van der Waals surface area contributed by atoms with Gasteiger partial charge in [-0.05, 0) is 43.4 Å². The monoisotopic (exact) mass is 350 g/mol. The van der Waals surface area contributed by atoms with E-state index in [1.807, 2.05) is 67.7 Å². The standard InChI is InChI=1S/C19H14N2OS2/c1-12-6-8-14(9-7-12)21-18(22)17(24-19(21)23)10-13-11-20-16-5-3-2-4-15(13)16/h2-11,22H,1H3/b13-10+. The number of allylic oxidation sites excluding steroid dienone is 1. The van der Waals surface area contributed by atoms with Crippen molar-refractivity contribution in [2.75, 3.05) is 0 Å². The van der Waals surface area contributed by atoms with Crippen LogP contribution in [0, 0.1) is 10.9 Å². The zero-order chi connectivity index (χ0) is 16.7. The Balaban J connectivity index is 1.81. The Morgan fingerprint density at radius 1 is 1.12 bits per heavy atom. The summed E-state index contributed by atoms with van der Waals surface area (Å²) in [6.45, 7) is 2.03. The highest BCUT2D eigenvalue weighted by atomic mass is 32.1. The molecule has 0 radical (unpaired) electrons. The lowest BCUT2D eigenvalue weighted by Gasteiger charge is -2.05. The van der Waals surface area contributed by atoms with Gasteiger partial charge in [-0.3, -0.25) is 9.56 Å². The van der Waals surface area contributed by atoms with Crippen LogP contribution in [-0.4, -0.2) is 15.9 Å². The van der Waals surface area contributed by atoms with Gasteiger partial charge in [-0.15, -0.1) is 11.3 Å². The molecule has 24 heavy (non-hydrogen) atoms. The van der Waals surface area contributed by atoms with Crippen LogP contribution in [0.1, 0.15) is 16.0 Å². The number of hydrogen-bond donors (Lipinski definition) is 1. The van der Waals surface area contributed by atoms with Crippen LogP contribution < -0.4 is 0 Å². The molecule has 0 unspecified atom stereocenters. The van der Waals surface area contributed by atoms with Crippen LogP contribution in [0.2, 0.25) is 0 Å². The summed E-state index contributed by atoms with van der Waals surface area (Å²) in [4.78, 5) is 5.14. The molecule has 2 aromatic carbocycles. The van der Waals surface area contributed by atoms with Gasteiger partial charge in [0.05, 0.1) is 16.3 Å². The summed E-state index contributed by atoms with van der Waals surface area (Å²) < 4.78 is 2.32. The van der Waals surface area contributed by atoms with Crippen molar-refractivity contribution >= 4 is 47.1 Å². The molecule has 3 aromatic rings. The quantitative estimate of drug-likeness (QED) is 0.616. The maximum atomic E-state index is 10.7. The number of fused-ring (bicyclic) bond motifs is 1. The third-order valence-electron chi connectivity index (χ3n) is 3.95. The molecule has 1 aromatic heterocycles. The Hall–Kier alpha value is -2.50. The van der Waals surface area contributed by atoms with Gasteiger partial charge in [0.15, 0.2) is 3.95 Å². The van der Waals surface area contributed by atoms with Crippen molar-refractivity contribution in [3.63, 3.8) is 0 Å². The number of thiazole rings is 1. The summed E-state index contributed by atoms with van der Waals surface area (Å²) in [7, 11) is 0. The Bertz CT molecular complexity index is 1040. The first-order valence-corrected chi connectivity index (χ1v) is 8.73. The zero-order valence-electron chi connectivity index (χ0n) is 12.9. The first-order chi connectivity index (χ1) is 11.6. The van der Waals surface area contributed by atoms with E-state index >= 15 is 0 Å². The van der Waals surface area contributed by atoms with Crippen LogP contribution in [-0.2, 0) is 0 Å². The Morgan fingerprint density at radius 2 is 1.88 bits per heavy atom. The van der Waals surface area contributed by atoms with E-state index in [2.05, 4.69) is 4.99 Å². The van der Waals surface area contributed by atoms with E-state index in [4.69, 9.17) is 12.2 Å². The lowest BCUT2D eigenvalue weighted by molar-refractivity contribution is 0.441. The molecule has 3 nitrogen and oxygen atoms in total. The molecular formula is C19H14N2OS2. The molecule has 0 amide bonds. The molecule has 1 N–H and O–H groups in total. The van der Waals surface area contributed by atoms with Gasteiger partial charge in [0.1, 0.15) is 0 Å². The van der Waals surface area contributed by atoms with Crippen molar-refractivity contribution in [3.8, 4) is 11.6 Å². The van der Waals surface area contributed by atoms with Crippen LogP contribution in [0.15, 0.2) is 53.5 Å². The van der Waals surface area contributed by atoms with Crippen molar-refractivity contribution in [1.82, 2.24) is 4.57 Å². The van der Waals surface area contributed by atoms with E-state index in [1.165, 1.54) is 16.9 Å². The van der Waals surface area contributed by atoms with E-state index in [0.29, 0.717) is 3.95 Å². The van der Waals surface area contributed by atoms with Crippen LogP contribution in [0.5, 0.6) is 5.88 Å². The second-order valence-corrected chi connectivity index (χ2v) is 7.28. The third-order valence-corrected chi connectivity index (χ3v) is 5.26. The fourth-order valence-corrected chi connectivity index (χ4v) is 3.99. The molecule has 0 aliphatic carbocycles.